The van der Waals surface area contributed by atoms with Crippen molar-refractivity contribution in [1.82, 2.24) is 5.32 Å². The van der Waals surface area contributed by atoms with Crippen molar-refractivity contribution in [3.05, 3.63) is 65.5 Å². The van der Waals surface area contributed by atoms with E-state index in [1.807, 2.05) is 19.2 Å². The number of hydrogen-bond acceptors (Lipinski definition) is 4. The topological polar surface area (TPSA) is 58.6 Å². The van der Waals surface area contributed by atoms with Crippen molar-refractivity contribution < 1.29 is 18.7 Å². The van der Waals surface area contributed by atoms with Crippen LogP contribution in [0.25, 0.3) is 0 Å². The number of halogens is 1. The van der Waals surface area contributed by atoms with Crippen LogP contribution in [-0.4, -0.2) is 32.6 Å². The second kappa shape index (κ2) is 10.4. The molecule has 0 aliphatic rings. The molecular weight excluding hydrogens is 359 g/mol. The van der Waals surface area contributed by atoms with Crippen molar-refractivity contribution in [2.75, 3.05) is 25.6 Å². The first-order valence-corrected chi connectivity index (χ1v) is 9.39. The fourth-order valence-corrected chi connectivity index (χ4v) is 2.83. The van der Waals surface area contributed by atoms with Gasteiger partial charge in [0.15, 0.2) is 0 Å². The highest BCUT2D eigenvalue weighted by atomic mass is 19.1. The third-order valence-corrected chi connectivity index (χ3v) is 4.59. The van der Waals surface area contributed by atoms with E-state index in [0.717, 1.165) is 25.1 Å². The number of rotatable bonds is 9. The lowest BCUT2D eigenvalue weighted by Gasteiger charge is -2.20. The predicted molar refractivity (Wildman–Crippen MR) is 108 cm³/mol. The van der Waals surface area contributed by atoms with E-state index in [4.69, 9.17) is 4.74 Å². The van der Waals surface area contributed by atoms with E-state index in [1.54, 1.807) is 24.3 Å². The fourth-order valence-electron chi connectivity index (χ4n) is 2.83. The van der Waals surface area contributed by atoms with Crippen molar-refractivity contribution in [3.63, 3.8) is 0 Å². The number of methoxy groups -OCH3 is 1. The van der Waals surface area contributed by atoms with Crippen molar-refractivity contribution in [2.45, 2.75) is 32.2 Å². The van der Waals surface area contributed by atoms with Crippen molar-refractivity contribution in [3.8, 4) is 0 Å². The molecular formula is C22H27FN2O3. The van der Waals surface area contributed by atoms with E-state index in [0.29, 0.717) is 11.1 Å². The average Bonchev–Trinajstić information content (AvgIpc) is 2.72. The summed E-state index contributed by atoms with van der Waals surface area (Å²) in [5.41, 5.74) is 2.16. The number of unbranched alkanes of at least 4 members (excludes halogenated alkanes) is 1. The van der Waals surface area contributed by atoms with Gasteiger partial charge in [-0.15, -0.1) is 0 Å². The number of anilines is 1. The van der Waals surface area contributed by atoms with Crippen LogP contribution in [0.2, 0.25) is 0 Å². The monoisotopic (exact) mass is 386 g/mol. The van der Waals surface area contributed by atoms with Gasteiger partial charge in [0.25, 0.3) is 5.91 Å². The molecule has 0 saturated carbocycles. The number of amides is 1. The molecule has 5 nitrogen and oxygen atoms in total. The molecule has 6 heteroatoms. The molecule has 150 valence electrons. The van der Waals surface area contributed by atoms with Gasteiger partial charge in [-0.3, -0.25) is 9.59 Å². The molecule has 1 amide bonds. The van der Waals surface area contributed by atoms with Gasteiger partial charge in [-0.25, -0.2) is 4.39 Å². The fraction of sp³-hybridized carbons (Fsp3) is 0.364. The van der Waals surface area contributed by atoms with E-state index >= 15 is 0 Å². The lowest BCUT2D eigenvalue weighted by Crippen LogP contribution is -2.30. The summed E-state index contributed by atoms with van der Waals surface area (Å²) in [6.07, 6.45) is 2.19. The Labute approximate surface area is 165 Å². The quantitative estimate of drug-likeness (QED) is 0.660. The number of benzene rings is 2. The molecule has 0 unspecified atom stereocenters. The zero-order valence-corrected chi connectivity index (χ0v) is 16.6. The van der Waals surface area contributed by atoms with Crippen molar-refractivity contribution in [1.29, 1.82) is 0 Å². The number of nitrogens with one attached hydrogen (secondary N) is 1. The molecule has 0 fully saturated rings. The van der Waals surface area contributed by atoms with Crippen LogP contribution in [0.4, 0.5) is 10.1 Å². The van der Waals surface area contributed by atoms with Gasteiger partial charge in [0, 0.05) is 24.8 Å². The highest BCUT2D eigenvalue weighted by Gasteiger charge is 2.20. The molecule has 0 aromatic heterocycles. The second-order valence-electron chi connectivity index (χ2n) is 6.68. The number of carbonyl (C=O) groups is 2. The van der Waals surface area contributed by atoms with Crippen LogP contribution in [0.5, 0.6) is 0 Å². The van der Waals surface area contributed by atoms with Gasteiger partial charge in [-0.1, -0.05) is 25.5 Å². The van der Waals surface area contributed by atoms with E-state index in [1.165, 1.54) is 19.2 Å². The number of hydrogen-bond donors (Lipinski definition) is 1. The standard InChI is InChI=1S/C22H27FN2O3/c1-4-5-14-25(2)19-12-8-17(9-13-19)22(27)24-20(15-21(26)28-3)16-6-10-18(23)11-7-16/h6-13,20H,4-5,14-15H2,1-3H3,(H,24,27)/t20-/m0/s1. The highest BCUT2D eigenvalue weighted by molar-refractivity contribution is 5.95. The average molecular weight is 386 g/mol. The summed E-state index contributed by atoms with van der Waals surface area (Å²) in [5.74, 6) is -1.14. The first-order chi connectivity index (χ1) is 13.4. The Bertz CT molecular complexity index is 775. The third-order valence-electron chi connectivity index (χ3n) is 4.59. The van der Waals surface area contributed by atoms with Gasteiger partial charge in [0.05, 0.1) is 19.6 Å². The van der Waals surface area contributed by atoms with Crippen LogP contribution in [0.15, 0.2) is 48.5 Å². The van der Waals surface area contributed by atoms with Crippen LogP contribution >= 0.6 is 0 Å². The first kappa shape index (κ1) is 21.4. The third kappa shape index (κ3) is 6.08. The molecule has 2 rings (SSSR count). The molecule has 2 aromatic carbocycles. The zero-order chi connectivity index (χ0) is 20.5. The molecule has 0 saturated heterocycles. The normalized spacial score (nSPS) is 11.6. The molecule has 0 heterocycles. The second-order valence-corrected chi connectivity index (χ2v) is 6.68. The Morgan fingerprint density at radius 1 is 1.11 bits per heavy atom. The molecule has 0 bridgehead atoms. The summed E-state index contributed by atoms with van der Waals surface area (Å²) in [6.45, 7) is 3.10. The van der Waals surface area contributed by atoms with Gasteiger partial charge < -0.3 is 15.0 Å². The molecule has 0 spiro atoms. The summed E-state index contributed by atoms with van der Waals surface area (Å²) in [4.78, 5) is 26.5. The molecule has 28 heavy (non-hydrogen) atoms. The van der Waals surface area contributed by atoms with Crippen LogP contribution in [-0.2, 0) is 9.53 Å². The molecule has 1 N–H and O–H groups in total. The van der Waals surface area contributed by atoms with Crippen molar-refractivity contribution >= 4 is 17.6 Å². The van der Waals surface area contributed by atoms with Crippen LogP contribution in [0.1, 0.15) is 48.1 Å². The molecule has 1 atom stereocenters. The lowest BCUT2D eigenvalue weighted by molar-refractivity contribution is -0.141. The molecule has 0 radical (unpaired) electrons. The van der Waals surface area contributed by atoms with Crippen LogP contribution in [0, 0.1) is 5.82 Å². The maximum atomic E-state index is 13.2. The number of carbonyl (C=O) groups excluding carboxylic acids is 2. The first-order valence-electron chi connectivity index (χ1n) is 9.39. The van der Waals surface area contributed by atoms with Crippen molar-refractivity contribution in [2.24, 2.45) is 0 Å². The molecule has 2 aromatic rings. The molecule has 0 aliphatic heterocycles. The van der Waals surface area contributed by atoms with E-state index in [-0.39, 0.29) is 18.1 Å². The smallest absolute Gasteiger partial charge is 0.307 e. The summed E-state index contributed by atoms with van der Waals surface area (Å²) in [5, 5.41) is 2.84. The summed E-state index contributed by atoms with van der Waals surface area (Å²) < 4.78 is 17.9. The summed E-state index contributed by atoms with van der Waals surface area (Å²) >= 11 is 0. The van der Waals surface area contributed by atoms with E-state index < -0.39 is 12.0 Å². The predicted octanol–water partition coefficient (Wildman–Crippen LogP) is 4.10. The van der Waals surface area contributed by atoms with Crippen LogP contribution < -0.4 is 10.2 Å². The Kier molecular flexibility index (Phi) is 7.99. The van der Waals surface area contributed by atoms with Gasteiger partial charge in [-0.2, -0.15) is 0 Å². The van der Waals surface area contributed by atoms with Gasteiger partial charge in [0.2, 0.25) is 0 Å². The Morgan fingerprint density at radius 2 is 1.75 bits per heavy atom. The number of ether oxygens (including phenoxy) is 1. The van der Waals surface area contributed by atoms with Gasteiger partial charge in [-0.05, 0) is 48.4 Å². The number of nitrogens with zero attached hydrogens (tertiary/aromatic N) is 1. The lowest BCUT2D eigenvalue weighted by atomic mass is 10.0. The Hall–Kier alpha value is -2.89. The SMILES string of the molecule is CCCCN(C)c1ccc(C(=O)N[C@@H](CC(=O)OC)c2ccc(F)cc2)cc1. The number of esters is 1. The summed E-state index contributed by atoms with van der Waals surface area (Å²) in [6, 6.07) is 12.4. The van der Waals surface area contributed by atoms with Gasteiger partial charge >= 0.3 is 5.97 Å². The highest BCUT2D eigenvalue weighted by Crippen LogP contribution is 2.20. The van der Waals surface area contributed by atoms with E-state index in [2.05, 4.69) is 17.1 Å². The van der Waals surface area contributed by atoms with E-state index in [9.17, 15) is 14.0 Å². The minimum absolute atomic E-state index is 0.0360. The Balaban J connectivity index is 2.11. The molecule has 0 aliphatic carbocycles. The minimum atomic E-state index is -0.604. The minimum Gasteiger partial charge on any atom is -0.469 e. The van der Waals surface area contributed by atoms with Crippen LogP contribution in [0.3, 0.4) is 0 Å². The zero-order valence-electron chi connectivity index (χ0n) is 16.6. The Morgan fingerprint density at radius 3 is 2.32 bits per heavy atom. The largest absolute Gasteiger partial charge is 0.469 e. The summed E-state index contributed by atoms with van der Waals surface area (Å²) in [7, 11) is 3.31. The maximum Gasteiger partial charge on any atom is 0.307 e. The maximum absolute atomic E-state index is 13.2. The van der Waals surface area contributed by atoms with Gasteiger partial charge in [0.1, 0.15) is 5.82 Å².